The van der Waals surface area contributed by atoms with Crippen LogP contribution in [0.25, 0.3) is 11.0 Å². The Morgan fingerprint density at radius 3 is 2.93 bits per heavy atom. The van der Waals surface area contributed by atoms with Crippen LogP contribution in [-0.2, 0) is 15.7 Å². The van der Waals surface area contributed by atoms with Crippen molar-refractivity contribution in [3.05, 3.63) is 18.7 Å². The maximum atomic E-state index is 11.0. The van der Waals surface area contributed by atoms with Crippen LogP contribution < -0.4 is 0 Å². The van der Waals surface area contributed by atoms with E-state index in [4.69, 9.17) is 0 Å². The molecule has 2 aromatic heterocycles. The lowest BCUT2D eigenvalue weighted by atomic mass is 10.4. The zero-order valence-corrected chi connectivity index (χ0v) is 8.27. The molecule has 0 saturated carbocycles. The molecule has 0 fully saturated rings. The van der Waals surface area contributed by atoms with Crippen molar-refractivity contribution in [3.63, 3.8) is 0 Å². The van der Waals surface area contributed by atoms with Crippen molar-refractivity contribution >= 4 is 20.9 Å². The normalized spacial score (nSPS) is 12.1. The van der Waals surface area contributed by atoms with Gasteiger partial charge in [-0.2, -0.15) is 5.10 Å². The summed E-state index contributed by atoms with van der Waals surface area (Å²) >= 11 is 0. The number of aromatic nitrogens is 4. The second kappa shape index (κ2) is 3.02. The Labute approximate surface area is 80.5 Å². The van der Waals surface area contributed by atoms with E-state index in [0.29, 0.717) is 5.65 Å². The molecule has 0 amide bonds. The third-order valence-corrected chi connectivity index (χ3v) is 2.37. The summed E-state index contributed by atoms with van der Waals surface area (Å²) in [6.07, 6.45) is 5.65. The van der Waals surface area contributed by atoms with Gasteiger partial charge in [0.25, 0.3) is 0 Å². The Kier molecular flexibility index (Phi) is 1.95. The number of hydrogen-bond acceptors (Lipinski definition) is 5. The van der Waals surface area contributed by atoms with Crippen LogP contribution in [0.3, 0.4) is 0 Å². The molecule has 0 aliphatic heterocycles. The fourth-order valence-electron chi connectivity index (χ4n) is 1.14. The molecule has 0 spiro atoms. The van der Waals surface area contributed by atoms with Gasteiger partial charge in [0.1, 0.15) is 12.2 Å². The predicted molar refractivity (Wildman–Crippen MR) is 50.2 cm³/mol. The average molecular weight is 212 g/mol. The maximum absolute atomic E-state index is 11.0. The fourth-order valence-corrected chi connectivity index (χ4v) is 1.78. The van der Waals surface area contributed by atoms with Gasteiger partial charge in [-0.25, -0.2) is 23.1 Å². The molecule has 0 unspecified atom stereocenters. The molecule has 2 aromatic rings. The highest BCUT2D eigenvalue weighted by Crippen LogP contribution is 2.08. The maximum Gasteiger partial charge on any atom is 0.167 e. The van der Waals surface area contributed by atoms with Gasteiger partial charge in [-0.05, 0) is 0 Å². The van der Waals surface area contributed by atoms with Crippen LogP contribution in [0.15, 0.2) is 18.7 Å². The van der Waals surface area contributed by atoms with E-state index in [1.54, 1.807) is 12.4 Å². The summed E-state index contributed by atoms with van der Waals surface area (Å²) < 4.78 is 23.4. The number of nitrogens with zero attached hydrogens (tertiary/aromatic N) is 4. The zero-order chi connectivity index (χ0) is 10.2. The van der Waals surface area contributed by atoms with Crippen LogP contribution in [-0.4, -0.2) is 34.4 Å². The molecule has 7 heteroatoms. The fraction of sp³-hybridized carbons (Fsp3) is 0.286. The first-order chi connectivity index (χ1) is 6.56. The quantitative estimate of drug-likeness (QED) is 0.690. The first kappa shape index (κ1) is 9.07. The summed E-state index contributed by atoms with van der Waals surface area (Å²) in [4.78, 5) is 7.76. The third kappa shape index (κ3) is 1.72. The third-order valence-electron chi connectivity index (χ3n) is 1.66. The lowest BCUT2D eigenvalue weighted by Crippen LogP contribution is -2.10. The van der Waals surface area contributed by atoms with Gasteiger partial charge < -0.3 is 0 Å². The SMILES string of the molecule is CS(=O)(=O)Cn1ncc2cncnc21. The second-order valence-corrected chi connectivity index (χ2v) is 5.11. The smallest absolute Gasteiger partial charge is 0.167 e. The van der Waals surface area contributed by atoms with Crippen molar-refractivity contribution in [2.75, 3.05) is 6.26 Å². The van der Waals surface area contributed by atoms with Gasteiger partial charge in [-0.15, -0.1) is 0 Å². The zero-order valence-electron chi connectivity index (χ0n) is 7.45. The van der Waals surface area contributed by atoms with E-state index >= 15 is 0 Å². The van der Waals surface area contributed by atoms with E-state index in [2.05, 4.69) is 15.1 Å². The summed E-state index contributed by atoms with van der Waals surface area (Å²) in [5.41, 5.74) is 0.533. The van der Waals surface area contributed by atoms with Crippen LogP contribution in [0.2, 0.25) is 0 Å². The van der Waals surface area contributed by atoms with Gasteiger partial charge in [-0.3, -0.25) is 0 Å². The molecular formula is C7H8N4O2S. The lowest BCUT2D eigenvalue weighted by Gasteiger charge is -1.99. The molecule has 2 rings (SSSR count). The van der Waals surface area contributed by atoms with Crippen LogP contribution in [0.5, 0.6) is 0 Å². The minimum atomic E-state index is -3.10. The molecule has 0 bridgehead atoms. The number of rotatable bonds is 2. The summed E-state index contributed by atoms with van der Waals surface area (Å²) in [5.74, 6) is -0.159. The Bertz CT molecular complexity index is 560. The van der Waals surface area contributed by atoms with Crippen LogP contribution >= 0.6 is 0 Å². The molecule has 74 valence electrons. The van der Waals surface area contributed by atoms with E-state index in [9.17, 15) is 8.42 Å². The Balaban J connectivity index is 2.54. The molecule has 0 aliphatic carbocycles. The second-order valence-electron chi connectivity index (χ2n) is 3.00. The minimum absolute atomic E-state index is 0.159. The summed E-state index contributed by atoms with van der Waals surface area (Å²) in [6.45, 7) is 0. The molecule has 0 aliphatic rings. The van der Waals surface area contributed by atoms with Gasteiger partial charge in [-0.1, -0.05) is 0 Å². The Morgan fingerprint density at radius 1 is 1.43 bits per heavy atom. The molecule has 2 heterocycles. The number of hydrogen-bond donors (Lipinski definition) is 0. The predicted octanol–water partition coefficient (Wildman–Crippen LogP) is -0.172. The average Bonchev–Trinajstić information content (AvgIpc) is 2.47. The van der Waals surface area contributed by atoms with Gasteiger partial charge in [0, 0.05) is 12.5 Å². The highest BCUT2D eigenvalue weighted by atomic mass is 32.2. The lowest BCUT2D eigenvalue weighted by molar-refractivity contribution is 0.584. The minimum Gasteiger partial charge on any atom is -0.244 e. The van der Waals surface area contributed by atoms with Gasteiger partial charge >= 0.3 is 0 Å². The van der Waals surface area contributed by atoms with E-state index in [1.807, 2.05) is 0 Å². The van der Waals surface area contributed by atoms with Gasteiger partial charge in [0.05, 0.1) is 11.6 Å². The standard InChI is InChI=1S/C7H8N4O2S/c1-14(12,13)5-11-7-6(3-10-11)2-8-4-9-7/h2-4H,5H2,1H3. The molecule has 0 atom stereocenters. The van der Waals surface area contributed by atoms with Crippen LogP contribution in [0.1, 0.15) is 0 Å². The number of fused-ring (bicyclic) bond motifs is 1. The molecule has 0 saturated heterocycles. The van der Waals surface area contributed by atoms with E-state index in [0.717, 1.165) is 11.6 Å². The summed E-state index contributed by atoms with van der Waals surface area (Å²) in [7, 11) is -3.10. The largest absolute Gasteiger partial charge is 0.244 e. The van der Waals surface area contributed by atoms with Crippen molar-refractivity contribution < 1.29 is 8.42 Å². The molecule has 14 heavy (non-hydrogen) atoms. The number of sulfone groups is 1. The first-order valence-electron chi connectivity index (χ1n) is 3.85. The monoisotopic (exact) mass is 212 g/mol. The molecule has 0 aromatic carbocycles. The van der Waals surface area contributed by atoms with Crippen molar-refractivity contribution in [2.45, 2.75) is 5.88 Å². The van der Waals surface area contributed by atoms with E-state index < -0.39 is 9.84 Å². The van der Waals surface area contributed by atoms with Gasteiger partial charge in [0.2, 0.25) is 0 Å². The molecular weight excluding hydrogens is 204 g/mol. The van der Waals surface area contributed by atoms with Crippen LogP contribution in [0.4, 0.5) is 0 Å². The van der Waals surface area contributed by atoms with E-state index in [-0.39, 0.29) is 5.88 Å². The summed E-state index contributed by atoms with van der Waals surface area (Å²) in [6, 6.07) is 0. The molecule has 0 radical (unpaired) electrons. The van der Waals surface area contributed by atoms with Gasteiger partial charge in [0.15, 0.2) is 15.5 Å². The summed E-state index contributed by atoms with van der Waals surface area (Å²) in [5, 5.41) is 4.65. The van der Waals surface area contributed by atoms with E-state index in [1.165, 1.54) is 11.0 Å². The highest BCUT2D eigenvalue weighted by molar-refractivity contribution is 7.89. The Hall–Kier alpha value is -1.50. The van der Waals surface area contributed by atoms with Crippen molar-refractivity contribution in [1.82, 2.24) is 19.7 Å². The Morgan fingerprint density at radius 2 is 2.21 bits per heavy atom. The van der Waals surface area contributed by atoms with Crippen molar-refractivity contribution in [2.24, 2.45) is 0 Å². The highest BCUT2D eigenvalue weighted by Gasteiger charge is 2.08. The molecule has 6 nitrogen and oxygen atoms in total. The van der Waals surface area contributed by atoms with Crippen molar-refractivity contribution in [1.29, 1.82) is 0 Å². The first-order valence-corrected chi connectivity index (χ1v) is 5.91. The van der Waals surface area contributed by atoms with Crippen LogP contribution in [0, 0.1) is 0 Å². The molecule has 0 N–H and O–H groups in total. The van der Waals surface area contributed by atoms with Crippen molar-refractivity contribution in [3.8, 4) is 0 Å². The topological polar surface area (TPSA) is 77.7 Å².